The smallest absolute Gasteiger partial charge is 0.317 e. The molecule has 2 atom stereocenters. The lowest BCUT2D eigenvalue weighted by atomic mass is 9.89. The Balaban J connectivity index is 1.46. The third kappa shape index (κ3) is 4.33. The van der Waals surface area contributed by atoms with Crippen molar-refractivity contribution in [2.24, 2.45) is 11.8 Å². The number of carbonyl (C=O) groups excluding carboxylic acids is 2. The summed E-state index contributed by atoms with van der Waals surface area (Å²) in [6, 6.07) is 9.64. The number of likely N-dealkylation sites (tertiary alicyclic amines) is 2. The molecule has 0 spiro atoms. The van der Waals surface area contributed by atoms with Crippen LogP contribution in [0.4, 0.5) is 4.79 Å². The van der Waals surface area contributed by atoms with E-state index in [9.17, 15) is 9.59 Å². The molecule has 0 aromatic heterocycles. The number of hydrogen-bond acceptors (Lipinski definition) is 2. The van der Waals surface area contributed by atoms with Gasteiger partial charge in [-0.25, -0.2) is 4.79 Å². The van der Waals surface area contributed by atoms with E-state index >= 15 is 0 Å². The Hall–Kier alpha value is -2.04. The molecule has 2 aliphatic heterocycles. The number of nitrogens with one attached hydrogen (secondary N) is 1. The zero-order valence-electron chi connectivity index (χ0n) is 15.3. The molecule has 2 saturated heterocycles. The predicted octanol–water partition coefficient (Wildman–Crippen LogP) is 2.98. The highest BCUT2D eigenvalue weighted by Gasteiger charge is 2.29. The zero-order valence-corrected chi connectivity index (χ0v) is 15.3. The Morgan fingerprint density at radius 3 is 2.20 bits per heavy atom. The van der Waals surface area contributed by atoms with Crippen molar-refractivity contribution in [1.82, 2.24) is 15.1 Å². The molecule has 136 valence electrons. The first-order valence-electron chi connectivity index (χ1n) is 9.44. The lowest BCUT2D eigenvalue weighted by molar-refractivity contribution is 0.0704. The molecule has 2 aliphatic rings. The molecule has 2 unspecified atom stereocenters. The van der Waals surface area contributed by atoms with Crippen molar-refractivity contribution in [2.75, 3.05) is 26.2 Å². The number of hydrogen-bond donors (Lipinski definition) is 1. The quantitative estimate of drug-likeness (QED) is 0.897. The van der Waals surface area contributed by atoms with Crippen LogP contribution >= 0.6 is 0 Å². The number of carbonyl (C=O) groups is 2. The lowest BCUT2D eigenvalue weighted by Gasteiger charge is -2.37. The van der Waals surface area contributed by atoms with E-state index in [1.54, 1.807) is 0 Å². The highest BCUT2D eigenvalue weighted by molar-refractivity contribution is 5.94. The summed E-state index contributed by atoms with van der Waals surface area (Å²) in [7, 11) is 0. The van der Waals surface area contributed by atoms with Crippen molar-refractivity contribution < 1.29 is 9.59 Å². The molecule has 2 fully saturated rings. The highest BCUT2D eigenvalue weighted by Crippen LogP contribution is 2.22. The van der Waals surface area contributed by atoms with E-state index < -0.39 is 0 Å². The zero-order chi connectivity index (χ0) is 17.8. The Labute approximate surface area is 150 Å². The van der Waals surface area contributed by atoms with E-state index in [0.29, 0.717) is 24.9 Å². The van der Waals surface area contributed by atoms with Gasteiger partial charge in [-0.15, -0.1) is 0 Å². The van der Waals surface area contributed by atoms with Crippen LogP contribution in [0.2, 0.25) is 0 Å². The molecular formula is C20H29N3O2. The van der Waals surface area contributed by atoms with Crippen molar-refractivity contribution in [3.63, 3.8) is 0 Å². The third-order valence-corrected chi connectivity index (χ3v) is 5.75. The van der Waals surface area contributed by atoms with Crippen LogP contribution in [0.15, 0.2) is 30.3 Å². The van der Waals surface area contributed by atoms with Gasteiger partial charge in [-0.2, -0.15) is 0 Å². The molecule has 3 rings (SSSR count). The van der Waals surface area contributed by atoms with Crippen molar-refractivity contribution in [3.05, 3.63) is 35.9 Å². The normalized spacial score (nSPS) is 24.9. The Morgan fingerprint density at radius 2 is 1.56 bits per heavy atom. The number of urea groups is 1. The molecule has 1 N–H and O–H groups in total. The van der Waals surface area contributed by atoms with Gasteiger partial charge in [0.15, 0.2) is 0 Å². The van der Waals surface area contributed by atoms with Gasteiger partial charge in [0.1, 0.15) is 0 Å². The topological polar surface area (TPSA) is 52.7 Å². The van der Waals surface area contributed by atoms with Crippen LogP contribution in [0.3, 0.4) is 0 Å². The average Bonchev–Trinajstić information content (AvgIpc) is 2.64. The summed E-state index contributed by atoms with van der Waals surface area (Å²) in [6.07, 6.45) is 2.73. The van der Waals surface area contributed by atoms with Gasteiger partial charge in [0.2, 0.25) is 0 Å². The maximum atomic E-state index is 12.5. The van der Waals surface area contributed by atoms with Gasteiger partial charge in [0.05, 0.1) is 0 Å². The summed E-state index contributed by atoms with van der Waals surface area (Å²) in [5.74, 6) is 1.34. The summed E-state index contributed by atoms with van der Waals surface area (Å²) in [5.41, 5.74) is 0.737. The SMILES string of the molecule is CC1CCN(C(=O)NC2CCN(C(=O)c3ccccc3)CC2)CC1C. The van der Waals surface area contributed by atoms with E-state index in [1.807, 2.05) is 40.1 Å². The van der Waals surface area contributed by atoms with Crippen LogP contribution in [0.25, 0.3) is 0 Å². The fraction of sp³-hybridized carbons (Fsp3) is 0.600. The summed E-state index contributed by atoms with van der Waals surface area (Å²) < 4.78 is 0. The van der Waals surface area contributed by atoms with Crippen molar-refractivity contribution >= 4 is 11.9 Å². The molecule has 1 aromatic rings. The number of benzene rings is 1. The minimum Gasteiger partial charge on any atom is -0.338 e. The van der Waals surface area contributed by atoms with Crippen LogP contribution in [-0.2, 0) is 0 Å². The summed E-state index contributed by atoms with van der Waals surface area (Å²) in [5, 5.41) is 3.17. The second-order valence-corrected chi connectivity index (χ2v) is 7.57. The van der Waals surface area contributed by atoms with Crippen molar-refractivity contribution in [1.29, 1.82) is 0 Å². The molecule has 5 nitrogen and oxygen atoms in total. The fourth-order valence-corrected chi connectivity index (χ4v) is 3.70. The molecule has 5 heteroatoms. The molecule has 2 heterocycles. The van der Waals surface area contributed by atoms with E-state index in [0.717, 1.165) is 37.9 Å². The van der Waals surface area contributed by atoms with Gasteiger partial charge in [0, 0.05) is 37.8 Å². The van der Waals surface area contributed by atoms with Gasteiger partial charge < -0.3 is 15.1 Å². The Morgan fingerprint density at radius 1 is 0.920 bits per heavy atom. The Bertz CT molecular complexity index is 596. The maximum absolute atomic E-state index is 12.5. The largest absolute Gasteiger partial charge is 0.338 e. The Kier molecular flexibility index (Phi) is 5.61. The van der Waals surface area contributed by atoms with Gasteiger partial charge in [0.25, 0.3) is 5.91 Å². The second kappa shape index (κ2) is 7.89. The van der Waals surface area contributed by atoms with E-state index in [1.165, 1.54) is 0 Å². The molecular weight excluding hydrogens is 314 g/mol. The minimum atomic E-state index is 0.0617. The van der Waals surface area contributed by atoms with Gasteiger partial charge in [-0.1, -0.05) is 32.0 Å². The van der Waals surface area contributed by atoms with Crippen LogP contribution in [0.5, 0.6) is 0 Å². The van der Waals surface area contributed by atoms with Crippen LogP contribution < -0.4 is 5.32 Å². The number of piperidine rings is 2. The summed E-state index contributed by atoms with van der Waals surface area (Å²) in [4.78, 5) is 28.8. The van der Waals surface area contributed by atoms with Crippen LogP contribution in [0.1, 0.15) is 43.5 Å². The molecule has 25 heavy (non-hydrogen) atoms. The molecule has 0 saturated carbocycles. The van der Waals surface area contributed by atoms with E-state index in [4.69, 9.17) is 0 Å². The van der Waals surface area contributed by atoms with Crippen molar-refractivity contribution in [3.8, 4) is 0 Å². The molecule has 3 amide bonds. The standard InChI is InChI=1S/C20H29N3O2/c1-15-8-11-23(14-16(15)2)20(25)21-18-9-12-22(13-10-18)19(24)17-6-4-3-5-7-17/h3-7,15-16,18H,8-14H2,1-2H3,(H,21,25). The summed E-state index contributed by atoms with van der Waals surface area (Å²) in [6.45, 7) is 7.58. The monoisotopic (exact) mass is 343 g/mol. The summed E-state index contributed by atoms with van der Waals surface area (Å²) >= 11 is 0. The first-order valence-corrected chi connectivity index (χ1v) is 9.44. The number of rotatable bonds is 2. The predicted molar refractivity (Wildman–Crippen MR) is 98.4 cm³/mol. The van der Waals surface area contributed by atoms with E-state index in [-0.39, 0.29) is 18.0 Å². The second-order valence-electron chi connectivity index (χ2n) is 7.57. The highest BCUT2D eigenvalue weighted by atomic mass is 16.2. The van der Waals surface area contributed by atoms with Crippen molar-refractivity contribution in [2.45, 2.75) is 39.2 Å². The number of nitrogens with zero attached hydrogens (tertiary/aromatic N) is 2. The molecule has 0 radical (unpaired) electrons. The fourth-order valence-electron chi connectivity index (χ4n) is 3.70. The van der Waals surface area contributed by atoms with Gasteiger partial charge in [-0.05, 0) is 43.2 Å². The molecule has 0 bridgehead atoms. The third-order valence-electron chi connectivity index (χ3n) is 5.75. The van der Waals surface area contributed by atoms with Gasteiger partial charge in [-0.3, -0.25) is 4.79 Å². The first kappa shape index (κ1) is 17.8. The number of amides is 3. The first-order chi connectivity index (χ1) is 12.0. The molecule has 0 aliphatic carbocycles. The average molecular weight is 343 g/mol. The maximum Gasteiger partial charge on any atom is 0.317 e. The minimum absolute atomic E-state index is 0.0617. The lowest BCUT2D eigenvalue weighted by Crippen LogP contribution is -2.52. The molecule has 1 aromatic carbocycles. The van der Waals surface area contributed by atoms with Gasteiger partial charge >= 0.3 is 6.03 Å². The van der Waals surface area contributed by atoms with Crippen LogP contribution in [0, 0.1) is 11.8 Å². The van der Waals surface area contributed by atoms with E-state index in [2.05, 4.69) is 19.2 Å². The van der Waals surface area contributed by atoms with Crippen LogP contribution in [-0.4, -0.2) is 54.0 Å².